The molecule has 28 heavy (non-hydrogen) atoms. The molecule has 10 nitrogen and oxygen atoms in total. The second-order valence-corrected chi connectivity index (χ2v) is 7.63. The summed E-state index contributed by atoms with van der Waals surface area (Å²) in [6.45, 7) is 11.0. The zero-order valence-electron chi connectivity index (χ0n) is 16.8. The monoisotopic (exact) mass is 392 g/mol. The lowest BCUT2D eigenvalue weighted by molar-refractivity contribution is 0.00578. The molecule has 1 aliphatic heterocycles. The fraction of sp³-hybridized carbons (Fsp3) is 0.562. The first-order chi connectivity index (χ1) is 12.9. The van der Waals surface area contributed by atoms with Crippen molar-refractivity contribution in [2.24, 2.45) is 0 Å². The van der Waals surface area contributed by atoms with Gasteiger partial charge in [-0.3, -0.25) is 15.0 Å². The molecule has 1 fully saturated rings. The molecular weight excluding hydrogens is 366 g/mol. The van der Waals surface area contributed by atoms with Gasteiger partial charge >= 0.3 is 14.2 Å². The van der Waals surface area contributed by atoms with Crippen LogP contribution in [0.25, 0.3) is 0 Å². The first kappa shape index (κ1) is 22.3. The molecule has 0 spiro atoms. The molecule has 152 valence electrons. The van der Waals surface area contributed by atoms with Crippen molar-refractivity contribution in [2.75, 3.05) is 0 Å². The van der Waals surface area contributed by atoms with Gasteiger partial charge in [0.15, 0.2) is 5.78 Å². The number of ketones is 1. The van der Waals surface area contributed by atoms with Gasteiger partial charge in [-0.25, -0.2) is 0 Å². The molecule has 0 radical (unpaired) electrons. The molecule has 2 aromatic heterocycles. The van der Waals surface area contributed by atoms with Gasteiger partial charge in [-0.2, -0.15) is 10.2 Å². The molecule has 0 amide bonds. The van der Waals surface area contributed by atoms with Gasteiger partial charge in [0.05, 0.1) is 23.0 Å². The second kappa shape index (κ2) is 8.18. The van der Waals surface area contributed by atoms with Crippen LogP contribution in [0.15, 0.2) is 12.4 Å². The summed E-state index contributed by atoms with van der Waals surface area (Å²) in [5, 5.41) is 39.6. The summed E-state index contributed by atoms with van der Waals surface area (Å²) in [5.74, 6) is -0.273. The summed E-state index contributed by atoms with van der Waals surface area (Å²) in [7, 11) is -2.13. The molecular formula is C16H26B2N4O6. The minimum atomic E-state index is -1.65. The maximum atomic E-state index is 10.7. The van der Waals surface area contributed by atoms with Gasteiger partial charge < -0.3 is 24.5 Å². The maximum absolute atomic E-state index is 10.7. The van der Waals surface area contributed by atoms with E-state index in [0.29, 0.717) is 5.69 Å². The molecule has 1 saturated heterocycles. The molecule has 5 N–H and O–H groups in total. The van der Waals surface area contributed by atoms with Crippen LogP contribution in [-0.4, -0.2) is 66.8 Å². The first-order valence-corrected chi connectivity index (χ1v) is 8.84. The Morgan fingerprint density at radius 1 is 1.14 bits per heavy atom. The Kier molecular flexibility index (Phi) is 6.51. The second-order valence-electron chi connectivity index (χ2n) is 7.63. The first-order valence-electron chi connectivity index (χ1n) is 8.84. The number of aromatic amines is 2. The summed E-state index contributed by atoms with van der Waals surface area (Å²) in [5.41, 5.74) is 0.884. The summed E-state index contributed by atoms with van der Waals surface area (Å²) >= 11 is 0. The highest BCUT2D eigenvalue weighted by atomic mass is 16.7. The highest BCUT2D eigenvalue weighted by Gasteiger charge is 2.52. The van der Waals surface area contributed by atoms with E-state index in [4.69, 9.17) is 19.4 Å². The van der Waals surface area contributed by atoms with E-state index in [1.54, 1.807) is 13.1 Å². The van der Waals surface area contributed by atoms with E-state index >= 15 is 0 Å². The number of carbonyl (C=O) groups excluding carboxylic acids is 1. The number of rotatable bonds is 4. The van der Waals surface area contributed by atoms with Gasteiger partial charge in [0.1, 0.15) is 5.69 Å². The average molecular weight is 392 g/mol. The molecule has 3 heterocycles. The maximum Gasteiger partial charge on any atom is 0.498 e. The predicted molar refractivity (Wildman–Crippen MR) is 103 cm³/mol. The number of aliphatic hydroxyl groups is 1. The van der Waals surface area contributed by atoms with Gasteiger partial charge in [0, 0.05) is 30.2 Å². The predicted octanol–water partition coefficient (Wildman–Crippen LogP) is -0.946. The van der Waals surface area contributed by atoms with Crippen molar-refractivity contribution in [3.8, 4) is 0 Å². The lowest BCUT2D eigenvalue weighted by Gasteiger charge is -2.32. The lowest BCUT2D eigenvalue weighted by Crippen LogP contribution is -2.41. The van der Waals surface area contributed by atoms with Crippen LogP contribution in [0.2, 0.25) is 0 Å². The lowest BCUT2D eigenvalue weighted by atomic mass is 9.78. The number of nitrogens with zero attached hydrogens (tertiary/aromatic N) is 2. The fourth-order valence-corrected chi connectivity index (χ4v) is 2.57. The summed E-state index contributed by atoms with van der Waals surface area (Å²) in [6.07, 6.45) is 2.23. The molecule has 12 heteroatoms. The summed E-state index contributed by atoms with van der Waals surface area (Å²) < 4.78 is 11.8. The molecule has 1 atom stereocenters. The van der Waals surface area contributed by atoms with Gasteiger partial charge in [-0.1, -0.05) is 0 Å². The van der Waals surface area contributed by atoms with Gasteiger partial charge in [0.2, 0.25) is 0 Å². The van der Waals surface area contributed by atoms with Crippen molar-refractivity contribution in [1.82, 2.24) is 20.4 Å². The zero-order chi connectivity index (χ0) is 21.3. The number of carbonyl (C=O) groups is 1. The Morgan fingerprint density at radius 2 is 1.68 bits per heavy atom. The quantitative estimate of drug-likeness (QED) is 0.330. The topological polar surface area (TPSA) is 154 Å². The highest BCUT2D eigenvalue weighted by molar-refractivity contribution is 6.62. The van der Waals surface area contributed by atoms with Crippen LogP contribution in [0, 0.1) is 0 Å². The van der Waals surface area contributed by atoms with Gasteiger partial charge in [-0.15, -0.1) is 0 Å². The van der Waals surface area contributed by atoms with E-state index in [-0.39, 0.29) is 28.1 Å². The Bertz CT molecular complexity index is 802. The average Bonchev–Trinajstić information content (AvgIpc) is 3.26. The van der Waals surface area contributed by atoms with E-state index < -0.39 is 20.3 Å². The number of nitrogens with one attached hydrogen (secondary N) is 2. The number of hydrogen-bond acceptors (Lipinski definition) is 8. The van der Waals surface area contributed by atoms with E-state index in [9.17, 15) is 9.90 Å². The largest absolute Gasteiger partial charge is 0.498 e. The van der Waals surface area contributed by atoms with E-state index in [1.165, 1.54) is 13.1 Å². The van der Waals surface area contributed by atoms with Gasteiger partial charge in [0.25, 0.3) is 0 Å². The van der Waals surface area contributed by atoms with Crippen molar-refractivity contribution < 1.29 is 29.3 Å². The molecule has 0 saturated carbocycles. The standard InChI is InChI=1S/C11H19BN2O3.C5H7BN2O3/c1-7(15)9-8(6-13-14-9)12-16-10(2,3)11(4,5)17-12;1-3(9)5-4(6(10)11)2-7-8-5/h6-7,15H,1-5H3,(H,13,14);2,10-11H,1H3,(H,7,8). The SMILES string of the molecule is CC(=O)c1[nH]ncc1B(O)O.CC(O)c1[nH]ncc1B1OC(C)(C)C(C)(C)O1. The summed E-state index contributed by atoms with van der Waals surface area (Å²) in [6, 6.07) is 0. The van der Waals surface area contributed by atoms with Crippen LogP contribution in [0.1, 0.15) is 63.8 Å². The molecule has 0 bridgehead atoms. The Hall–Kier alpha value is -1.98. The van der Waals surface area contributed by atoms with Crippen molar-refractivity contribution in [3.05, 3.63) is 23.8 Å². The minimum Gasteiger partial charge on any atom is -0.423 e. The third kappa shape index (κ3) is 4.53. The normalized spacial score (nSPS) is 18.4. The molecule has 1 aliphatic rings. The van der Waals surface area contributed by atoms with Gasteiger partial charge in [-0.05, 0) is 34.6 Å². The highest BCUT2D eigenvalue weighted by Crippen LogP contribution is 2.36. The van der Waals surface area contributed by atoms with Crippen molar-refractivity contribution >= 4 is 30.9 Å². The molecule has 1 unspecified atom stereocenters. The minimum absolute atomic E-state index is 0.109. The third-order valence-electron chi connectivity index (χ3n) is 4.92. The number of Topliss-reactive ketones (excluding diaryl/α,β-unsaturated/α-hetero) is 1. The van der Waals surface area contributed by atoms with Crippen LogP contribution in [0.4, 0.5) is 0 Å². The van der Waals surface area contributed by atoms with Crippen LogP contribution in [0.5, 0.6) is 0 Å². The molecule has 0 aliphatic carbocycles. The Morgan fingerprint density at radius 3 is 2.11 bits per heavy atom. The fourth-order valence-electron chi connectivity index (χ4n) is 2.57. The third-order valence-corrected chi connectivity index (χ3v) is 4.92. The molecule has 0 aromatic carbocycles. The summed E-state index contributed by atoms with van der Waals surface area (Å²) in [4.78, 5) is 10.7. The van der Waals surface area contributed by atoms with Crippen LogP contribution in [0.3, 0.4) is 0 Å². The zero-order valence-corrected chi connectivity index (χ0v) is 16.8. The Labute approximate surface area is 163 Å². The number of aliphatic hydroxyl groups excluding tert-OH is 1. The van der Waals surface area contributed by atoms with Crippen LogP contribution in [-0.2, 0) is 9.31 Å². The van der Waals surface area contributed by atoms with Crippen molar-refractivity contribution in [3.63, 3.8) is 0 Å². The number of H-pyrrole nitrogens is 2. The van der Waals surface area contributed by atoms with Crippen molar-refractivity contribution in [2.45, 2.75) is 58.8 Å². The number of aromatic nitrogens is 4. The van der Waals surface area contributed by atoms with Crippen molar-refractivity contribution in [1.29, 1.82) is 0 Å². The Balaban J connectivity index is 0.000000221. The molecule has 3 rings (SSSR count). The van der Waals surface area contributed by atoms with Crippen LogP contribution < -0.4 is 10.9 Å². The van der Waals surface area contributed by atoms with E-state index in [0.717, 1.165) is 5.46 Å². The number of hydrogen-bond donors (Lipinski definition) is 5. The van der Waals surface area contributed by atoms with Crippen LogP contribution >= 0.6 is 0 Å². The van der Waals surface area contributed by atoms with E-state index in [1.807, 2.05) is 27.7 Å². The van der Waals surface area contributed by atoms with E-state index in [2.05, 4.69) is 20.4 Å². The smallest absolute Gasteiger partial charge is 0.423 e. The molecule has 2 aromatic rings.